The molecule has 4 N–H and O–H groups in total. The van der Waals surface area contributed by atoms with Crippen molar-refractivity contribution in [2.75, 3.05) is 120 Å². The summed E-state index contributed by atoms with van der Waals surface area (Å²) in [6.45, 7) is 29.3. The molecular formula is C86H104N20O13S5. The molecule has 33 nitrogen and oxygen atoms in total. The minimum Gasteiger partial charge on any atom is -0.480 e. The lowest BCUT2D eigenvalue weighted by atomic mass is 10.1. The summed E-state index contributed by atoms with van der Waals surface area (Å²) in [6, 6.07) is 8.47. The molecule has 15 heterocycles. The summed E-state index contributed by atoms with van der Waals surface area (Å²) < 4.78 is 57.2. The monoisotopic (exact) mass is 1790 g/mol. The van der Waals surface area contributed by atoms with Gasteiger partial charge in [-0.25, -0.2) is 48.3 Å². The zero-order valence-electron chi connectivity index (χ0n) is 74.5. The molecule has 4 saturated carbocycles. The van der Waals surface area contributed by atoms with E-state index in [0.29, 0.717) is 186 Å². The number of hydrogen-bond acceptors (Lipinski definition) is 28. The number of ether oxygens (including phenoxy) is 2. The summed E-state index contributed by atoms with van der Waals surface area (Å²) in [7, 11) is -5.81. The van der Waals surface area contributed by atoms with E-state index in [0.717, 1.165) is 91.2 Å². The van der Waals surface area contributed by atoms with E-state index < -0.39 is 16.9 Å². The zero-order valence-corrected chi connectivity index (χ0v) is 75.6. The molecule has 0 aromatic carbocycles. The molecule has 9 amide bonds. The Bertz CT molecular complexity index is 5830. The molecule has 0 bridgehead atoms. The van der Waals surface area contributed by atoms with E-state index in [4.69, 9.17) is 28.5 Å². The molecule has 7 fully saturated rings. The van der Waals surface area contributed by atoms with Crippen molar-refractivity contribution >= 4 is 146 Å². The van der Waals surface area contributed by atoms with Crippen LogP contribution in [0, 0.1) is 44.4 Å². The summed E-state index contributed by atoms with van der Waals surface area (Å²) in [6.07, 6.45) is 11.0. The summed E-state index contributed by atoms with van der Waals surface area (Å²) >= 11 is 5.37. The molecule has 4 atom stereocenters. The van der Waals surface area contributed by atoms with E-state index >= 15 is 0 Å². The van der Waals surface area contributed by atoms with Crippen molar-refractivity contribution in [3.63, 3.8) is 0 Å². The largest absolute Gasteiger partial charge is 0.480 e. The molecule has 4 aliphatic carbocycles. The fourth-order valence-electron chi connectivity index (χ4n) is 17.3. The van der Waals surface area contributed by atoms with Crippen molar-refractivity contribution in [1.82, 2.24) is 64.4 Å². The Labute approximate surface area is 740 Å². The Balaban J connectivity index is 0.000000125. The molecular weight excluding hydrogens is 1680 g/mol. The Morgan fingerprint density at radius 3 is 1.14 bits per heavy atom. The molecule has 656 valence electrons. The first kappa shape index (κ1) is 83.0. The lowest BCUT2D eigenvalue weighted by molar-refractivity contribution is -0.129. The van der Waals surface area contributed by atoms with Crippen molar-refractivity contribution in [2.45, 2.75) is 185 Å². The number of carbonyl (C=O) groups excluding carboxylic acids is 9. The van der Waals surface area contributed by atoms with Gasteiger partial charge in [0.15, 0.2) is 30.4 Å². The number of anilines is 7. The number of amides is 9. The third-order valence-corrected chi connectivity index (χ3v) is 30.6. The van der Waals surface area contributed by atoms with E-state index in [1.54, 1.807) is 31.0 Å². The number of morpholine rings is 1. The number of piperazine rings is 1. The van der Waals surface area contributed by atoms with Crippen LogP contribution >= 0.6 is 45.3 Å². The van der Waals surface area contributed by atoms with Crippen LogP contribution in [0.4, 0.5) is 38.0 Å². The van der Waals surface area contributed by atoms with Crippen LogP contribution in [0.15, 0.2) is 30.5 Å². The summed E-state index contributed by atoms with van der Waals surface area (Å²) in [4.78, 5) is 167. The molecule has 8 aromatic rings. The maximum atomic E-state index is 13.6. The number of rotatable bonds is 20. The predicted octanol–water partition coefficient (Wildman–Crippen LogP) is 11.3. The van der Waals surface area contributed by atoms with Crippen molar-refractivity contribution in [2.24, 2.45) is 23.7 Å². The second kappa shape index (κ2) is 35.5. The summed E-state index contributed by atoms with van der Waals surface area (Å²) in [5.41, 5.74) is 10.7. The number of carbonyl (C=O) groups is 9. The van der Waals surface area contributed by atoms with E-state index in [1.807, 2.05) is 63.5 Å². The van der Waals surface area contributed by atoms with Crippen molar-refractivity contribution in [3.05, 3.63) is 92.1 Å². The molecule has 19 rings (SSSR count). The Morgan fingerprint density at radius 1 is 0.444 bits per heavy atom. The molecule has 0 radical (unpaired) electrons. The third-order valence-electron chi connectivity index (χ3n) is 24.8. The normalized spacial score (nSPS) is 19.6. The first-order chi connectivity index (χ1) is 60.4. The van der Waals surface area contributed by atoms with Crippen LogP contribution in [-0.2, 0) is 64.7 Å². The highest BCUT2D eigenvalue weighted by Gasteiger charge is 2.47. The van der Waals surface area contributed by atoms with Gasteiger partial charge in [-0.2, -0.15) is 0 Å². The third kappa shape index (κ3) is 18.6. The highest BCUT2D eigenvalue weighted by molar-refractivity contribution is 7.91. The van der Waals surface area contributed by atoms with Crippen LogP contribution in [0.3, 0.4) is 0 Å². The van der Waals surface area contributed by atoms with Gasteiger partial charge in [0.25, 0.3) is 23.6 Å². The first-order valence-corrected chi connectivity index (χ1v) is 47.4. The van der Waals surface area contributed by atoms with Crippen LogP contribution in [-0.4, -0.2) is 234 Å². The van der Waals surface area contributed by atoms with Crippen LogP contribution in [0.25, 0.3) is 42.3 Å². The van der Waals surface area contributed by atoms with E-state index in [1.165, 1.54) is 98.7 Å². The SMILES string of the molecule is CC(=O)Nc1nc(C)c(-c2cc3c(c(N4CCN(C(C)=O)CC4)n2)C(=O)N([C@@H](C)C2CC2)C3)s1.CC(=O)Nc1nc(C)c(-c2cc3c(c(N4CCS(=O)(=O)CC4)n2)C(=O)N([C@@H](C)C2CC2)C3)s1.CC(=O)Nc1ncc(-c2cc3c(c(N4CCOCC4)n2)C(=O)N([C@@H](C)C2CC2)C3)s1.[2H]C([2H])([2H])Oc1nc(-c2sc(NC(C)=O)nc2C)cc2c1C(=O)N([C@@H](C)C1CC1)C2. The minimum absolute atomic E-state index is 0.0214. The zero-order chi connectivity index (χ0) is 90.3. The van der Waals surface area contributed by atoms with Crippen LogP contribution in [0.5, 0.6) is 5.88 Å². The molecule has 0 spiro atoms. The average molecular weight is 1790 g/mol. The second-order valence-electron chi connectivity index (χ2n) is 33.9. The van der Waals surface area contributed by atoms with Crippen molar-refractivity contribution in [1.29, 1.82) is 0 Å². The lowest BCUT2D eigenvalue weighted by Crippen LogP contribution is -2.48. The van der Waals surface area contributed by atoms with Gasteiger partial charge in [-0.05, 0) is 170 Å². The van der Waals surface area contributed by atoms with Crippen LogP contribution < -0.4 is 40.7 Å². The number of sulfone groups is 1. The number of methoxy groups -OCH3 is 1. The standard InChI is InChI=1S/C24H30N6O3S.C22H27N5O4S2.C21H25N5O3S.C19H22N4O3S/c1-13-21(34-24(25-13)26-15(3)31)19-11-18-12-30(14(2)17-5-6-17)23(33)20(18)22(27-19)29-9-7-28(8-10-29)16(4)32;1-12-19(32-22(23-12)24-14(3)28)17-10-16-11-27(13(2)15-4-5-15)21(29)18(16)20(25-17)26-6-8-33(30,31)9-7-26;1-12(14-3-4-14)26-11-15-9-16(17-10-22-21(30-17)23-13(2)27)24-19(18(15)20(26)28)25-5-7-29-8-6-25;1-9-16(27-19(20-9)21-11(3)24)14-7-13-8-23(10(2)12-5-6-12)18(25)15(13)17(22-14)26-4/h11,14,17H,5-10,12H2,1-4H3,(H,25,26,31);10,13,15H,4-9,11H2,1-3H3,(H,23,24,28);9-10,12,14H,3-8,11H2,1-2H3,(H,22,23,27);7,10,12H,5-6,8H2,1-4H3,(H,20,21,24)/t14-;13-;12-;10-/m0000/s1/i;;;4D3. The molecule has 0 unspecified atom stereocenters. The quantitative estimate of drug-likeness (QED) is 0.0550. The van der Waals surface area contributed by atoms with Crippen LogP contribution in [0.1, 0.15) is 199 Å². The number of hydrogen-bond donors (Lipinski definition) is 4. The number of aryl methyl sites for hydroxylation is 3. The van der Waals surface area contributed by atoms with Gasteiger partial charge in [-0.3, -0.25) is 43.2 Å². The van der Waals surface area contributed by atoms with Gasteiger partial charge in [0.1, 0.15) is 23.0 Å². The number of pyridine rings is 4. The molecule has 8 aromatic heterocycles. The molecule has 124 heavy (non-hydrogen) atoms. The molecule has 11 aliphatic rings. The van der Waals surface area contributed by atoms with Gasteiger partial charge < -0.3 is 69.9 Å². The molecule has 3 saturated heterocycles. The van der Waals surface area contributed by atoms with Gasteiger partial charge >= 0.3 is 0 Å². The second-order valence-corrected chi connectivity index (χ2v) is 40.2. The number of thiazole rings is 4. The smallest absolute Gasteiger partial charge is 0.260 e. The maximum absolute atomic E-state index is 13.6. The maximum Gasteiger partial charge on any atom is 0.260 e. The van der Waals surface area contributed by atoms with Gasteiger partial charge in [0, 0.05) is 144 Å². The first-order valence-electron chi connectivity index (χ1n) is 43.8. The predicted molar refractivity (Wildman–Crippen MR) is 476 cm³/mol. The van der Waals surface area contributed by atoms with Crippen LogP contribution in [0.2, 0.25) is 0 Å². The van der Waals surface area contributed by atoms with Crippen molar-refractivity contribution < 1.29 is 65.2 Å². The van der Waals surface area contributed by atoms with E-state index in [2.05, 4.69) is 76.8 Å². The minimum atomic E-state index is -3.07. The lowest BCUT2D eigenvalue weighted by Gasteiger charge is -2.35. The van der Waals surface area contributed by atoms with Crippen molar-refractivity contribution in [3.8, 4) is 48.2 Å². The number of aromatic nitrogens is 8. The number of nitrogens with one attached hydrogen (secondary N) is 4. The Kier molecular flexibility index (Phi) is 23.8. The number of fused-ring (bicyclic) bond motifs is 4. The Morgan fingerprint density at radius 2 is 0.774 bits per heavy atom. The fraction of sp³-hybridized carbons (Fsp3) is 0.523. The van der Waals surface area contributed by atoms with Gasteiger partial charge in [-0.1, -0.05) is 45.3 Å². The molecule has 7 aliphatic heterocycles. The van der Waals surface area contributed by atoms with Gasteiger partial charge in [0.05, 0.1) is 112 Å². The average Bonchev–Trinajstić information content (AvgIpc) is 1.62. The van der Waals surface area contributed by atoms with E-state index in [9.17, 15) is 51.6 Å². The highest BCUT2D eigenvalue weighted by Crippen LogP contribution is 2.48. The number of nitrogens with zero attached hydrogens (tertiary/aromatic N) is 16. The summed E-state index contributed by atoms with van der Waals surface area (Å²) in [5.74, 6) is 3.33. The highest BCUT2D eigenvalue weighted by atomic mass is 32.2. The van der Waals surface area contributed by atoms with Gasteiger partial charge in [-0.15, -0.1) is 0 Å². The van der Waals surface area contributed by atoms with E-state index in [-0.39, 0.29) is 100 Å². The Hall–Kier alpha value is -10.5. The fourth-order valence-corrected chi connectivity index (χ4v) is 22.2. The summed E-state index contributed by atoms with van der Waals surface area (Å²) in [5, 5.41) is 12.9. The topological polar surface area (TPSA) is 383 Å². The molecule has 38 heteroatoms. The van der Waals surface area contributed by atoms with Gasteiger partial charge in [0.2, 0.25) is 35.4 Å².